The Balaban J connectivity index is 1.77. The van der Waals surface area contributed by atoms with Gasteiger partial charge in [-0.1, -0.05) is 18.2 Å². The number of nitrogens with one attached hydrogen (secondary N) is 1. The van der Waals surface area contributed by atoms with Crippen molar-refractivity contribution in [2.24, 2.45) is 0 Å². The number of rotatable bonds is 2. The number of thiophene rings is 1. The molecule has 0 aliphatic carbocycles. The van der Waals surface area contributed by atoms with Crippen LogP contribution in [-0.2, 0) is 0 Å². The van der Waals surface area contributed by atoms with Gasteiger partial charge in [-0.15, -0.1) is 11.3 Å². The van der Waals surface area contributed by atoms with Crippen molar-refractivity contribution in [3.05, 3.63) is 49.7 Å². The van der Waals surface area contributed by atoms with Gasteiger partial charge >= 0.3 is 0 Å². The van der Waals surface area contributed by atoms with Gasteiger partial charge in [0.1, 0.15) is 12.4 Å². The van der Waals surface area contributed by atoms with Crippen LogP contribution in [0.1, 0.15) is 22.0 Å². The standard InChI is InChI=1S/C13H10INO2S/c14-12-5-8(7-18-12)13(16)15-10-6-17-11-4-2-1-3-9(10)11/h1-5,7,10H,6H2,(H,15,16). The third-order valence-electron chi connectivity index (χ3n) is 2.83. The van der Waals surface area contributed by atoms with Crippen molar-refractivity contribution in [2.45, 2.75) is 6.04 Å². The monoisotopic (exact) mass is 371 g/mol. The highest BCUT2D eigenvalue weighted by molar-refractivity contribution is 14.1. The van der Waals surface area contributed by atoms with E-state index < -0.39 is 0 Å². The van der Waals surface area contributed by atoms with E-state index in [2.05, 4.69) is 27.9 Å². The largest absolute Gasteiger partial charge is 0.491 e. The van der Waals surface area contributed by atoms with Crippen LogP contribution in [0.25, 0.3) is 0 Å². The number of para-hydroxylation sites is 1. The van der Waals surface area contributed by atoms with Gasteiger partial charge in [0.15, 0.2) is 0 Å². The molecule has 0 bridgehead atoms. The molecule has 0 spiro atoms. The van der Waals surface area contributed by atoms with Crippen molar-refractivity contribution >= 4 is 39.8 Å². The van der Waals surface area contributed by atoms with E-state index in [1.54, 1.807) is 11.3 Å². The lowest BCUT2D eigenvalue weighted by molar-refractivity contribution is 0.0931. The summed E-state index contributed by atoms with van der Waals surface area (Å²) >= 11 is 3.78. The van der Waals surface area contributed by atoms with Crippen LogP contribution in [0.15, 0.2) is 35.7 Å². The lowest BCUT2D eigenvalue weighted by Crippen LogP contribution is -2.29. The highest BCUT2D eigenvalue weighted by atomic mass is 127. The van der Waals surface area contributed by atoms with Crippen LogP contribution in [0.3, 0.4) is 0 Å². The minimum absolute atomic E-state index is 0.0422. The molecule has 1 atom stereocenters. The van der Waals surface area contributed by atoms with Gasteiger partial charge in [0.05, 0.1) is 14.5 Å². The number of carbonyl (C=O) groups excluding carboxylic acids is 1. The maximum atomic E-state index is 12.1. The summed E-state index contributed by atoms with van der Waals surface area (Å²) in [5, 5.41) is 4.88. The number of hydrogen-bond donors (Lipinski definition) is 1. The summed E-state index contributed by atoms with van der Waals surface area (Å²) in [7, 11) is 0. The van der Waals surface area contributed by atoms with E-state index in [4.69, 9.17) is 4.74 Å². The molecule has 2 aromatic rings. The number of fused-ring (bicyclic) bond motifs is 1. The molecule has 1 amide bonds. The molecule has 1 aliphatic heterocycles. The van der Waals surface area contributed by atoms with Crippen molar-refractivity contribution in [1.29, 1.82) is 0 Å². The predicted octanol–water partition coefficient (Wildman–Crippen LogP) is 3.22. The Labute approximate surface area is 122 Å². The molecule has 1 unspecified atom stereocenters. The highest BCUT2D eigenvalue weighted by Gasteiger charge is 2.25. The number of benzene rings is 1. The second-order valence-corrected chi connectivity index (χ2v) is 6.82. The molecule has 18 heavy (non-hydrogen) atoms. The van der Waals surface area contributed by atoms with Gasteiger partial charge in [0.2, 0.25) is 0 Å². The normalized spacial score (nSPS) is 17.1. The number of halogens is 1. The molecule has 3 rings (SSSR count). The zero-order valence-corrected chi connectivity index (χ0v) is 12.3. The summed E-state index contributed by atoms with van der Waals surface area (Å²) in [5.74, 6) is 0.821. The van der Waals surface area contributed by atoms with Gasteiger partial charge in [-0.2, -0.15) is 0 Å². The minimum Gasteiger partial charge on any atom is -0.491 e. The van der Waals surface area contributed by atoms with Gasteiger partial charge in [-0.25, -0.2) is 0 Å². The van der Waals surface area contributed by atoms with Crippen LogP contribution in [0.5, 0.6) is 5.75 Å². The molecule has 1 aromatic carbocycles. The number of amides is 1. The van der Waals surface area contributed by atoms with Crippen LogP contribution >= 0.6 is 33.9 Å². The van der Waals surface area contributed by atoms with E-state index in [0.717, 1.165) is 14.2 Å². The Hall–Kier alpha value is -1.08. The first-order valence-corrected chi connectivity index (χ1v) is 7.46. The smallest absolute Gasteiger partial charge is 0.252 e. The average molecular weight is 371 g/mol. The summed E-state index contributed by atoms with van der Waals surface area (Å²) in [4.78, 5) is 12.1. The molecular formula is C13H10INO2S. The van der Waals surface area contributed by atoms with E-state index >= 15 is 0 Å². The summed E-state index contributed by atoms with van der Waals surface area (Å²) in [5.41, 5.74) is 1.77. The Bertz CT molecular complexity index is 596. The van der Waals surface area contributed by atoms with Gasteiger partial charge in [-0.3, -0.25) is 4.79 Å². The summed E-state index contributed by atoms with van der Waals surface area (Å²) in [6.45, 7) is 0.506. The molecule has 0 fully saturated rings. The van der Waals surface area contributed by atoms with Gasteiger partial charge < -0.3 is 10.1 Å². The molecule has 0 saturated heterocycles. The minimum atomic E-state index is -0.0498. The van der Waals surface area contributed by atoms with Crippen LogP contribution < -0.4 is 10.1 Å². The third kappa shape index (κ3) is 2.24. The fourth-order valence-electron chi connectivity index (χ4n) is 1.95. The molecule has 3 nitrogen and oxygen atoms in total. The Morgan fingerprint density at radius 1 is 1.44 bits per heavy atom. The molecule has 1 N–H and O–H groups in total. The fourth-order valence-corrected chi connectivity index (χ4v) is 3.28. The predicted molar refractivity (Wildman–Crippen MR) is 79.2 cm³/mol. The maximum Gasteiger partial charge on any atom is 0.252 e. The summed E-state index contributed by atoms with van der Waals surface area (Å²) in [6.07, 6.45) is 0. The van der Waals surface area contributed by atoms with Gasteiger partial charge in [0.25, 0.3) is 5.91 Å². The third-order valence-corrected chi connectivity index (χ3v) is 4.62. The number of carbonyl (C=O) groups is 1. The molecule has 1 aliphatic rings. The Morgan fingerprint density at radius 3 is 3.06 bits per heavy atom. The second kappa shape index (κ2) is 4.89. The van der Waals surface area contributed by atoms with E-state index in [1.807, 2.05) is 35.7 Å². The van der Waals surface area contributed by atoms with Crippen LogP contribution in [0.4, 0.5) is 0 Å². The molecule has 2 heterocycles. The van der Waals surface area contributed by atoms with Crippen molar-refractivity contribution in [3.8, 4) is 5.75 Å². The van der Waals surface area contributed by atoms with E-state index in [1.165, 1.54) is 0 Å². The zero-order chi connectivity index (χ0) is 12.5. The fraction of sp³-hybridized carbons (Fsp3) is 0.154. The van der Waals surface area contributed by atoms with E-state index in [0.29, 0.717) is 12.2 Å². The molecule has 0 saturated carbocycles. The second-order valence-electron chi connectivity index (χ2n) is 4.01. The first kappa shape index (κ1) is 12.0. The maximum absolute atomic E-state index is 12.1. The van der Waals surface area contributed by atoms with Crippen molar-refractivity contribution < 1.29 is 9.53 Å². The van der Waals surface area contributed by atoms with Crippen molar-refractivity contribution in [3.63, 3.8) is 0 Å². The van der Waals surface area contributed by atoms with Crippen LogP contribution in [-0.4, -0.2) is 12.5 Å². The first-order valence-electron chi connectivity index (χ1n) is 5.50. The van der Waals surface area contributed by atoms with E-state index in [-0.39, 0.29) is 11.9 Å². The SMILES string of the molecule is O=C(NC1COc2ccccc21)c1csc(I)c1. The molecular weight excluding hydrogens is 361 g/mol. The summed E-state index contributed by atoms with van der Waals surface area (Å²) < 4.78 is 6.65. The summed E-state index contributed by atoms with van der Waals surface area (Å²) in [6, 6.07) is 9.65. The molecule has 1 aromatic heterocycles. The van der Waals surface area contributed by atoms with Gasteiger partial charge in [-0.05, 0) is 34.7 Å². The number of ether oxygens (including phenoxy) is 1. The molecule has 0 radical (unpaired) electrons. The van der Waals surface area contributed by atoms with Gasteiger partial charge in [0, 0.05) is 10.9 Å². The number of hydrogen-bond acceptors (Lipinski definition) is 3. The molecule has 92 valence electrons. The topological polar surface area (TPSA) is 38.3 Å². The molecule has 5 heteroatoms. The van der Waals surface area contributed by atoms with Crippen LogP contribution in [0, 0.1) is 2.88 Å². The van der Waals surface area contributed by atoms with E-state index in [9.17, 15) is 4.79 Å². The Morgan fingerprint density at radius 2 is 2.28 bits per heavy atom. The Kier molecular flexibility index (Phi) is 3.25. The zero-order valence-electron chi connectivity index (χ0n) is 9.35. The van der Waals surface area contributed by atoms with Crippen molar-refractivity contribution in [1.82, 2.24) is 5.32 Å². The lowest BCUT2D eigenvalue weighted by Gasteiger charge is -2.10. The lowest BCUT2D eigenvalue weighted by atomic mass is 10.1. The van der Waals surface area contributed by atoms with Crippen LogP contribution in [0.2, 0.25) is 0 Å². The quantitative estimate of drug-likeness (QED) is 0.824. The first-order chi connectivity index (χ1) is 8.74. The van der Waals surface area contributed by atoms with Crippen molar-refractivity contribution in [2.75, 3.05) is 6.61 Å². The average Bonchev–Trinajstić information content (AvgIpc) is 2.97. The highest BCUT2D eigenvalue weighted by Crippen LogP contribution is 2.31.